The number of alkyl halides is 3. The van der Waals surface area contributed by atoms with E-state index < -0.39 is 18.6 Å². The number of ether oxygens (including phenoxy) is 1. The normalized spacial score (nSPS) is 11.2. The molecule has 106 valence electrons. The predicted molar refractivity (Wildman–Crippen MR) is 67.2 cm³/mol. The fourth-order valence-corrected chi connectivity index (χ4v) is 1.98. The molecule has 1 aromatic rings. The molecule has 0 bridgehead atoms. The smallest absolute Gasteiger partial charge is 0.405 e. The van der Waals surface area contributed by atoms with Crippen molar-refractivity contribution in [2.45, 2.75) is 11.1 Å². The molecule has 0 aliphatic heterocycles. The molecule has 0 aromatic heterocycles. The molecule has 0 saturated heterocycles. The number of carbonyl (C=O) groups is 1. The Kier molecular flexibility index (Phi) is 5.34. The van der Waals surface area contributed by atoms with E-state index in [2.05, 4.69) is 0 Å². The highest BCUT2D eigenvalue weighted by Crippen LogP contribution is 2.28. The number of amides is 1. The quantitative estimate of drug-likeness (QED) is 0.644. The summed E-state index contributed by atoms with van der Waals surface area (Å²) in [7, 11) is 1.48. The Hall–Kier alpha value is -1.57. The summed E-state index contributed by atoms with van der Waals surface area (Å²) in [5.74, 6) is -0.287. The van der Waals surface area contributed by atoms with Crippen LogP contribution in [0.3, 0.4) is 0 Å². The predicted octanol–water partition coefficient (Wildman–Crippen LogP) is 2.05. The van der Waals surface area contributed by atoms with E-state index in [9.17, 15) is 18.0 Å². The number of nitrogen functional groups attached to an aromatic ring is 1. The van der Waals surface area contributed by atoms with Gasteiger partial charge < -0.3 is 15.8 Å². The minimum Gasteiger partial charge on any atom is -0.497 e. The minimum absolute atomic E-state index is 0.145. The van der Waals surface area contributed by atoms with E-state index in [1.165, 1.54) is 7.11 Å². The number of hydrogen-bond donors (Lipinski definition) is 2. The molecule has 1 aromatic carbocycles. The number of thioether (sulfide) groups is 1. The van der Waals surface area contributed by atoms with Gasteiger partial charge in [-0.05, 0) is 18.2 Å². The van der Waals surface area contributed by atoms with E-state index in [-0.39, 0.29) is 5.75 Å². The molecule has 0 fully saturated rings. The average molecular weight is 294 g/mol. The Balaban J connectivity index is 2.50. The zero-order valence-corrected chi connectivity index (χ0v) is 10.9. The van der Waals surface area contributed by atoms with Crippen LogP contribution < -0.4 is 15.8 Å². The number of carbonyl (C=O) groups excluding carboxylic acids is 1. The molecule has 0 unspecified atom stereocenters. The van der Waals surface area contributed by atoms with Crippen LogP contribution in [0.2, 0.25) is 0 Å². The van der Waals surface area contributed by atoms with Gasteiger partial charge in [-0.1, -0.05) is 0 Å². The Morgan fingerprint density at radius 3 is 2.74 bits per heavy atom. The van der Waals surface area contributed by atoms with Gasteiger partial charge in [-0.3, -0.25) is 4.79 Å². The molecule has 0 atom stereocenters. The van der Waals surface area contributed by atoms with E-state index in [1.54, 1.807) is 23.5 Å². The molecule has 0 saturated carbocycles. The van der Waals surface area contributed by atoms with Crippen molar-refractivity contribution in [3.63, 3.8) is 0 Å². The number of nitrogens with two attached hydrogens (primary N) is 1. The van der Waals surface area contributed by atoms with Gasteiger partial charge in [0.05, 0.1) is 12.9 Å². The highest BCUT2D eigenvalue weighted by atomic mass is 32.2. The van der Waals surface area contributed by atoms with Crippen LogP contribution in [-0.2, 0) is 4.79 Å². The fourth-order valence-electron chi connectivity index (χ4n) is 1.16. The van der Waals surface area contributed by atoms with Crippen molar-refractivity contribution in [3.8, 4) is 5.75 Å². The van der Waals surface area contributed by atoms with Gasteiger partial charge >= 0.3 is 6.18 Å². The summed E-state index contributed by atoms with van der Waals surface area (Å²) in [5.41, 5.74) is 6.12. The highest BCUT2D eigenvalue weighted by molar-refractivity contribution is 8.00. The zero-order chi connectivity index (χ0) is 14.5. The lowest BCUT2D eigenvalue weighted by Crippen LogP contribution is -2.34. The summed E-state index contributed by atoms with van der Waals surface area (Å²) in [6, 6.07) is 4.88. The lowest BCUT2D eigenvalue weighted by atomic mass is 10.3. The van der Waals surface area contributed by atoms with Crippen LogP contribution in [0.1, 0.15) is 0 Å². The number of halogens is 3. The summed E-state index contributed by atoms with van der Waals surface area (Å²) >= 11 is 1.05. The summed E-state index contributed by atoms with van der Waals surface area (Å²) < 4.78 is 40.6. The third-order valence-electron chi connectivity index (χ3n) is 2.07. The largest absolute Gasteiger partial charge is 0.497 e. The van der Waals surface area contributed by atoms with Gasteiger partial charge in [0.2, 0.25) is 5.91 Å². The van der Waals surface area contributed by atoms with Crippen molar-refractivity contribution >= 4 is 23.4 Å². The lowest BCUT2D eigenvalue weighted by molar-refractivity contribution is -0.136. The average Bonchev–Trinajstić information content (AvgIpc) is 2.34. The van der Waals surface area contributed by atoms with Crippen molar-refractivity contribution in [3.05, 3.63) is 18.2 Å². The third-order valence-corrected chi connectivity index (χ3v) is 3.14. The van der Waals surface area contributed by atoms with Crippen molar-refractivity contribution in [1.82, 2.24) is 5.32 Å². The molecule has 0 radical (unpaired) electrons. The van der Waals surface area contributed by atoms with Crippen molar-refractivity contribution < 1.29 is 22.7 Å². The van der Waals surface area contributed by atoms with E-state index in [4.69, 9.17) is 10.5 Å². The second-order valence-corrected chi connectivity index (χ2v) is 4.60. The fraction of sp³-hybridized carbons (Fsp3) is 0.364. The van der Waals surface area contributed by atoms with Crippen LogP contribution in [0.15, 0.2) is 23.1 Å². The zero-order valence-electron chi connectivity index (χ0n) is 10.1. The van der Waals surface area contributed by atoms with Gasteiger partial charge in [-0.15, -0.1) is 11.8 Å². The molecule has 4 nitrogen and oxygen atoms in total. The molecule has 0 heterocycles. The maximum absolute atomic E-state index is 11.9. The first-order chi connectivity index (χ1) is 8.81. The molecule has 0 aliphatic carbocycles. The SMILES string of the molecule is COc1ccc(N)c(SCC(=O)NCC(F)(F)F)c1. The third kappa shape index (κ3) is 5.73. The van der Waals surface area contributed by atoms with Crippen LogP contribution in [0.25, 0.3) is 0 Å². The second-order valence-electron chi connectivity index (χ2n) is 3.58. The molecule has 1 amide bonds. The summed E-state index contributed by atoms with van der Waals surface area (Å²) in [6.45, 7) is -1.33. The van der Waals surface area contributed by atoms with Crippen molar-refractivity contribution in [2.75, 3.05) is 25.1 Å². The number of anilines is 1. The molecule has 19 heavy (non-hydrogen) atoms. The van der Waals surface area contributed by atoms with Crippen LogP contribution in [0.4, 0.5) is 18.9 Å². The summed E-state index contributed by atoms with van der Waals surface area (Å²) in [6.07, 6.45) is -4.41. The number of nitrogens with one attached hydrogen (secondary N) is 1. The van der Waals surface area contributed by atoms with Gasteiger partial charge in [0.25, 0.3) is 0 Å². The topological polar surface area (TPSA) is 64.3 Å². The van der Waals surface area contributed by atoms with Gasteiger partial charge in [-0.25, -0.2) is 0 Å². The molecule has 0 aliphatic rings. The highest BCUT2D eigenvalue weighted by Gasteiger charge is 2.27. The minimum atomic E-state index is -4.41. The maximum Gasteiger partial charge on any atom is 0.405 e. The van der Waals surface area contributed by atoms with Crippen LogP contribution in [-0.4, -0.2) is 31.5 Å². The summed E-state index contributed by atoms with van der Waals surface area (Å²) in [5, 5.41) is 1.78. The van der Waals surface area contributed by atoms with Gasteiger partial charge in [0, 0.05) is 10.6 Å². The Labute approximate surface area is 112 Å². The lowest BCUT2D eigenvalue weighted by Gasteiger charge is -2.09. The van der Waals surface area contributed by atoms with Crippen LogP contribution in [0.5, 0.6) is 5.75 Å². The number of benzene rings is 1. The van der Waals surface area contributed by atoms with Crippen molar-refractivity contribution in [1.29, 1.82) is 0 Å². The first-order valence-corrected chi connectivity index (χ1v) is 6.20. The monoisotopic (exact) mass is 294 g/mol. The van der Waals surface area contributed by atoms with Crippen LogP contribution >= 0.6 is 11.8 Å². The van der Waals surface area contributed by atoms with Crippen LogP contribution in [0, 0.1) is 0 Å². The number of methoxy groups -OCH3 is 1. The first kappa shape index (κ1) is 15.5. The molecular formula is C11H13F3N2O2S. The van der Waals surface area contributed by atoms with Gasteiger partial charge in [0.15, 0.2) is 0 Å². The Morgan fingerprint density at radius 2 is 2.16 bits per heavy atom. The molecular weight excluding hydrogens is 281 g/mol. The Bertz CT molecular complexity index is 452. The molecule has 0 spiro atoms. The molecule has 8 heteroatoms. The number of rotatable bonds is 5. The van der Waals surface area contributed by atoms with Gasteiger partial charge in [-0.2, -0.15) is 13.2 Å². The van der Waals surface area contributed by atoms with E-state index in [1.807, 2.05) is 0 Å². The Morgan fingerprint density at radius 1 is 1.47 bits per heavy atom. The second kappa shape index (κ2) is 6.55. The molecule has 1 rings (SSSR count). The van der Waals surface area contributed by atoms with E-state index in [0.717, 1.165) is 11.8 Å². The van der Waals surface area contributed by atoms with E-state index in [0.29, 0.717) is 16.3 Å². The standard InChI is InChI=1S/C11H13F3N2O2S/c1-18-7-2-3-8(15)9(4-7)19-5-10(17)16-6-11(12,13)14/h2-4H,5-6,15H2,1H3,(H,16,17). The van der Waals surface area contributed by atoms with E-state index >= 15 is 0 Å². The maximum atomic E-state index is 11.9. The van der Waals surface area contributed by atoms with Crippen molar-refractivity contribution in [2.24, 2.45) is 0 Å². The molecule has 3 N–H and O–H groups in total. The first-order valence-electron chi connectivity index (χ1n) is 5.21. The summed E-state index contributed by atoms with van der Waals surface area (Å²) in [4.78, 5) is 11.8. The van der Waals surface area contributed by atoms with Gasteiger partial charge in [0.1, 0.15) is 12.3 Å². The number of hydrogen-bond acceptors (Lipinski definition) is 4.